The number of halogens is 3. The van der Waals surface area contributed by atoms with E-state index in [1.54, 1.807) is 20.8 Å². The van der Waals surface area contributed by atoms with E-state index in [0.29, 0.717) is 26.0 Å². The summed E-state index contributed by atoms with van der Waals surface area (Å²) >= 11 is 0. The normalized spacial score (nSPS) is 29.9. The number of fused-ring (bicyclic) bond motifs is 1. The SMILES string of the molecule is CC(C)(C)C(NC(=O)[C@H]1CCCO1)C(=O)N1C[C@H]2[C@@H]([C@H]1C(=O)NC(C[C@@H]1CCNC1=O)C(=O)COC(F)(F)F)C2(C)C. The predicted octanol–water partition coefficient (Wildman–Crippen LogP) is 1.30. The lowest BCUT2D eigenvalue weighted by Crippen LogP contribution is -2.61. The van der Waals surface area contributed by atoms with Gasteiger partial charge >= 0.3 is 6.36 Å². The fraction of sp³-hybridized carbons (Fsp3) is 0.821. The highest BCUT2D eigenvalue weighted by atomic mass is 19.4. The second-order valence-electron chi connectivity index (χ2n) is 13.5. The molecule has 4 fully saturated rings. The molecule has 0 bridgehead atoms. The molecule has 4 aliphatic rings. The molecule has 0 aromatic rings. The molecule has 3 heterocycles. The van der Waals surface area contributed by atoms with E-state index in [9.17, 15) is 37.1 Å². The van der Waals surface area contributed by atoms with Crippen LogP contribution in [0.25, 0.3) is 0 Å². The van der Waals surface area contributed by atoms with E-state index in [0.717, 1.165) is 6.42 Å². The number of ether oxygens (including phenoxy) is 2. The molecule has 14 heteroatoms. The molecule has 4 rings (SSSR count). The topological polar surface area (TPSA) is 143 Å². The first kappa shape index (κ1) is 32.2. The number of Topliss-reactive ketones (excluding diaryl/α,β-unsaturated/α-hetero) is 1. The van der Waals surface area contributed by atoms with Gasteiger partial charge in [-0.1, -0.05) is 34.6 Å². The quantitative estimate of drug-likeness (QED) is 0.342. The summed E-state index contributed by atoms with van der Waals surface area (Å²) in [4.78, 5) is 67.2. The highest BCUT2D eigenvalue weighted by Gasteiger charge is 2.70. The lowest BCUT2D eigenvalue weighted by molar-refractivity contribution is -0.321. The fourth-order valence-electron chi connectivity index (χ4n) is 6.58. The van der Waals surface area contributed by atoms with Gasteiger partial charge in [0.25, 0.3) is 0 Å². The Hall–Kier alpha value is -2.74. The number of hydrogen-bond donors (Lipinski definition) is 3. The van der Waals surface area contributed by atoms with Crippen molar-refractivity contribution in [2.75, 3.05) is 26.3 Å². The molecule has 0 radical (unpaired) electrons. The Morgan fingerprint density at radius 2 is 1.81 bits per heavy atom. The van der Waals surface area contributed by atoms with E-state index < -0.39 is 72.0 Å². The average molecular weight is 603 g/mol. The largest absolute Gasteiger partial charge is 0.522 e. The second-order valence-corrected chi connectivity index (χ2v) is 13.5. The van der Waals surface area contributed by atoms with Crippen molar-refractivity contribution in [1.29, 1.82) is 0 Å². The molecule has 3 N–H and O–H groups in total. The molecule has 236 valence electrons. The standard InChI is InChI=1S/C28H41F3N4O7/c1-26(2,3)21(34-23(38)18-7-6-10-41-18)25(40)35-12-15-19(27(15,4)5)20(35)24(39)33-16(11-14-8-9-32-22(14)37)17(36)13-42-28(29,30)31/h14-16,18-21H,6-13H2,1-5H3,(H,32,37)(H,33,39)(H,34,38)/t14-,15-,16?,18+,19-,20-,21?/m0/s1. The molecule has 42 heavy (non-hydrogen) atoms. The van der Waals surface area contributed by atoms with Crippen LogP contribution < -0.4 is 16.0 Å². The number of carbonyl (C=O) groups is 5. The second kappa shape index (κ2) is 11.7. The molecule has 2 unspecified atom stereocenters. The smallest absolute Gasteiger partial charge is 0.368 e. The molecule has 3 saturated heterocycles. The highest BCUT2D eigenvalue weighted by molar-refractivity contribution is 5.97. The molecule has 0 aromatic heterocycles. The van der Waals surface area contributed by atoms with E-state index in [4.69, 9.17) is 4.74 Å². The van der Waals surface area contributed by atoms with Gasteiger partial charge < -0.3 is 25.6 Å². The van der Waals surface area contributed by atoms with Crippen LogP contribution in [0.5, 0.6) is 0 Å². The van der Waals surface area contributed by atoms with Crippen molar-refractivity contribution < 1.29 is 46.6 Å². The van der Waals surface area contributed by atoms with E-state index >= 15 is 0 Å². The fourth-order valence-corrected chi connectivity index (χ4v) is 6.58. The van der Waals surface area contributed by atoms with Crippen molar-refractivity contribution in [3.63, 3.8) is 0 Å². The molecular formula is C28H41F3N4O7. The molecule has 4 amide bonds. The van der Waals surface area contributed by atoms with Crippen LogP contribution in [0.1, 0.15) is 60.3 Å². The molecule has 0 aromatic carbocycles. The molecule has 11 nitrogen and oxygen atoms in total. The summed E-state index contributed by atoms with van der Waals surface area (Å²) in [6.45, 7) is 9.05. The number of rotatable bonds is 10. The van der Waals surface area contributed by atoms with Crippen LogP contribution >= 0.6 is 0 Å². The molecular weight excluding hydrogens is 561 g/mol. The van der Waals surface area contributed by atoms with E-state index in [1.807, 2.05) is 13.8 Å². The molecule has 0 spiro atoms. The third kappa shape index (κ3) is 6.90. The number of piperidine rings is 1. The monoisotopic (exact) mass is 602 g/mol. The van der Waals surface area contributed by atoms with Crippen molar-refractivity contribution in [1.82, 2.24) is 20.9 Å². The number of nitrogens with zero attached hydrogens (tertiary/aromatic N) is 1. The van der Waals surface area contributed by atoms with Crippen LogP contribution in [0, 0.1) is 28.6 Å². The summed E-state index contributed by atoms with van der Waals surface area (Å²) in [5, 5.41) is 8.01. The van der Waals surface area contributed by atoms with Gasteiger partial charge in [0.1, 0.15) is 24.8 Å². The Labute approximate surface area is 243 Å². The highest BCUT2D eigenvalue weighted by Crippen LogP contribution is 2.65. The van der Waals surface area contributed by atoms with Gasteiger partial charge in [0.05, 0.1) is 6.04 Å². The van der Waals surface area contributed by atoms with Gasteiger partial charge in [0, 0.05) is 25.6 Å². The Balaban J connectivity index is 1.55. The first-order valence-electron chi connectivity index (χ1n) is 14.5. The molecule has 1 aliphatic carbocycles. The summed E-state index contributed by atoms with van der Waals surface area (Å²) in [5.41, 5.74) is -1.01. The third-order valence-corrected chi connectivity index (χ3v) is 9.15. The maximum absolute atomic E-state index is 14.0. The summed E-state index contributed by atoms with van der Waals surface area (Å²) < 4.78 is 47.3. The van der Waals surface area contributed by atoms with Gasteiger partial charge in [-0.25, -0.2) is 0 Å². The summed E-state index contributed by atoms with van der Waals surface area (Å²) in [5.74, 6) is -3.89. The lowest BCUT2D eigenvalue weighted by Gasteiger charge is -2.38. The number of alkyl halides is 3. The Kier molecular flexibility index (Phi) is 9.00. The van der Waals surface area contributed by atoms with Crippen molar-refractivity contribution in [3.8, 4) is 0 Å². The van der Waals surface area contributed by atoms with Crippen LogP contribution in [0.2, 0.25) is 0 Å². The Morgan fingerprint density at radius 3 is 2.36 bits per heavy atom. The minimum Gasteiger partial charge on any atom is -0.368 e. The van der Waals surface area contributed by atoms with Crippen LogP contribution in [0.15, 0.2) is 0 Å². The van der Waals surface area contributed by atoms with Crippen molar-refractivity contribution in [2.24, 2.45) is 28.6 Å². The number of hydrogen-bond acceptors (Lipinski definition) is 7. The van der Waals surface area contributed by atoms with E-state index in [-0.39, 0.29) is 36.1 Å². The van der Waals surface area contributed by atoms with Crippen LogP contribution in [-0.4, -0.2) is 91.2 Å². The van der Waals surface area contributed by atoms with Crippen LogP contribution in [-0.2, 0) is 33.4 Å². The summed E-state index contributed by atoms with van der Waals surface area (Å²) in [7, 11) is 0. The van der Waals surface area contributed by atoms with Crippen molar-refractivity contribution in [3.05, 3.63) is 0 Å². The minimum atomic E-state index is -5.05. The predicted molar refractivity (Wildman–Crippen MR) is 141 cm³/mol. The number of carbonyl (C=O) groups excluding carboxylic acids is 5. The van der Waals surface area contributed by atoms with Crippen LogP contribution in [0.3, 0.4) is 0 Å². The van der Waals surface area contributed by atoms with Gasteiger partial charge in [0.2, 0.25) is 23.6 Å². The first-order valence-corrected chi connectivity index (χ1v) is 14.5. The Morgan fingerprint density at radius 1 is 1.12 bits per heavy atom. The van der Waals surface area contributed by atoms with Crippen LogP contribution in [0.4, 0.5) is 13.2 Å². The minimum absolute atomic E-state index is 0.0185. The van der Waals surface area contributed by atoms with Crippen molar-refractivity contribution >= 4 is 29.4 Å². The number of ketones is 1. The van der Waals surface area contributed by atoms with Gasteiger partial charge in [-0.05, 0) is 48.3 Å². The zero-order valence-corrected chi connectivity index (χ0v) is 24.6. The Bertz CT molecular complexity index is 1100. The summed E-state index contributed by atoms with van der Waals surface area (Å²) in [6.07, 6.45) is -4.28. The lowest BCUT2D eigenvalue weighted by atomic mass is 9.85. The zero-order chi connectivity index (χ0) is 31.2. The molecule has 1 saturated carbocycles. The number of likely N-dealkylation sites (tertiary alicyclic amines) is 1. The molecule has 3 aliphatic heterocycles. The van der Waals surface area contributed by atoms with Gasteiger partial charge in [-0.2, -0.15) is 0 Å². The molecule has 7 atom stereocenters. The van der Waals surface area contributed by atoms with Gasteiger partial charge in [-0.3, -0.25) is 28.7 Å². The zero-order valence-electron chi connectivity index (χ0n) is 24.6. The third-order valence-electron chi connectivity index (χ3n) is 9.15. The maximum atomic E-state index is 14.0. The van der Waals surface area contributed by atoms with Crippen molar-refractivity contribution in [2.45, 2.75) is 90.9 Å². The number of nitrogens with one attached hydrogen (secondary N) is 3. The van der Waals surface area contributed by atoms with Gasteiger partial charge in [0.15, 0.2) is 5.78 Å². The average Bonchev–Trinajstić information content (AvgIpc) is 3.46. The number of amides is 4. The summed E-state index contributed by atoms with van der Waals surface area (Å²) in [6, 6.07) is -3.42. The van der Waals surface area contributed by atoms with E-state index in [2.05, 4.69) is 20.7 Å². The first-order chi connectivity index (χ1) is 19.4. The van der Waals surface area contributed by atoms with Gasteiger partial charge in [-0.15, -0.1) is 13.2 Å². The maximum Gasteiger partial charge on any atom is 0.522 e. The van der Waals surface area contributed by atoms with E-state index in [1.165, 1.54) is 4.90 Å².